The predicted octanol–water partition coefficient (Wildman–Crippen LogP) is 9.44. The Bertz CT molecular complexity index is 1890. The molecule has 0 aromatic heterocycles. The van der Waals surface area contributed by atoms with Gasteiger partial charge in [-0.2, -0.15) is 0 Å². The molecule has 16 heteroatoms. The fraction of sp³-hybridized carbons (Fsp3) is 0.906. The van der Waals surface area contributed by atoms with Crippen molar-refractivity contribution in [1.82, 2.24) is 0 Å². The Morgan fingerprint density at radius 2 is 0.957 bits per heavy atom. The van der Waals surface area contributed by atoms with Gasteiger partial charge in [0.05, 0.1) is 67.2 Å². The highest BCUT2D eigenvalue weighted by Gasteiger charge is 2.60. The average Bonchev–Trinajstić information content (AvgIpc) is 3.20. The molecule has 12 unspecified atom stereocenters. The van der Waals surface area contributed by atoms with Crippen molar-refractivity contribution in [3.8, 4) is 0 Å². The molecule has 388 valence electrons. The second kappa shape index (κ2) is 19.6. The molecule has 0 amide bonds. The van der Waals surface area contributed by atoms with Crippen molar-refractivity contribution in [1.29, 1.82) is 0 Å². The highest BCUT2D eigenvalue weighted by atomic mass is 16.8. The Morgan fingerprint density at radius 1 is 0.464 bits per heavy atom. The molecular formula is C53H80O16. The molecule has 9 rings (SSSR count). The van der Waals surface area contributed by atoms with E-state index >= 15 is 0 Å². The summed E-state index contributed by atoms with van der Waals surface area (Å²) in [7, 11) is 0. The van der Waals surface area contributed by atoms with Gasteiger partial charge in [0.15, 0.2) is 0 Å². The van der Waals surface area contributed by atoms with Crippen molar-refractivity contribution in [3.63, 3.8) is 0 Å². The van der Waals surface area contributed by atoms with E-state index in [-0.39, 0.29) is 77.7 Å². The van der Waals surface area contributed by atoms with Crippen LogP contribution in [0.25, 0.3) is 0 Å². The van der Waals surface area contributed by atoms with Crippen LogP contribution >= 0.6 is 0 Å². The second-order valence-electron chi connectivity index (χ2n) is 24.8. The Hall–Kier alpha value is -3.37. The van der Waals surface area contributed by atoms with Crippen LogP contribution in [0.2, 0.25) is 0 Å². The number of fused-ring (bicyclic) bond motifs is 6. The Balaban J connectivity index is 0.897. The van der Waals surface area contributed by atoms with Gasteiger partial charge in [0.25, 0.3) is 0 Å². The highest BCUT2D eigenvalue weighted by molar-refractivity contribution is 5.77. The fourth-order valence-corrected chi connectivity index (χ4v) is 14.9. The Morgan fingerprint density at radius 3 is 1.52 bits per heavy atom. The smallest absolute Gasteiger partial charge is 0.465 e. The van der Waals surface area contributed by atoms with E-state index < -0.39 is 58.8 Å². The van der Waals surface area contributed by atoms with Crippen LogP contribution in [0.4, 0.5) is 14.4 Å². The first-order chi connectivity index (χ1) is 32.8. The number of carbonyl (C=O) groups excluding carboxylic acids is 5. The Kier molecular flexibility index (Phi) is 14.3. The van der Waals surface area contributed by atoms with Gasteiger partial charge >= 0.3 is 30.4 Å². The zero-order chi connectivity index (χ0) is 48.9. The molecule has 6 aliphatic carbocycles. The molecule has 3 heterocycles. The Labute approximate surface area is 408 Å². The molecule has 0 spiro atoms. The van der Waals surface area contributed by atoms with Gasteiger partial charge in [-0.15, -0.1) is 0 Å². The molecule has 0 radical (unpaired) electrons. The fourth-order valence-electron chi connectivity index (χ4n) is 14.9. The maximum atomic E-state index is 14.3. The molecule has 9 fully saturated rings. The first kappa shape index (κ1) is 50.6. The van der Waals surface area contributed by atoms with Gasteiger partial charge in [0.1, 0.15) is 48.8 Å². The maximum absolute atomic E-state index is 14.3. The quantitative estimate of drug-likeness (QED) is 0.105. The minimum atomic E-state index is -1.23. The topological polar surface area (TPSA) is 187 Å². The summed E-state index contributed by atoms with van der Waals surface area (Å²) in [6.45, 7) is 16.6. The molecule has 0 aromatic carbocycles. The predicted molar refractivity (Wildman–Crippen MR) is 246 cm³/mol. The first-order valence-corrected chi connectivity index (χ1v) is 26.6. The van der Waals surface area contributed by atoms with E-state index in [1.807, 2.05) is 13.8 Å². The number of carbonyl (C=O) groups is 5. The van der Waals surface area contributed by atoms with Crippen LogP contribution in [-0.2, 0) is 61.7 Å². The number of esters is 2. The summed E-state index contributed by atoms with van der Waals surface area (Å²) in [4.78, 5) is 69.9. The highest BCUT2D eigenvalue weighted by Crippen LogP contribution is 2.56. The van der Waals surface area contributed by atoms with E-state index in [9.17, 15) is 24.0 Å². The summed E-state index contributed by atoms with van der Waals surface area (Å²) >= 11 is 0. The van der Waals surface area contributed by atoms with Gasteiger partial charge in [0, 0.05) is 32.1 Å². The lowest BCUT2D eigenvalue weighted by molar-refractivity contribution is -0.207. The largest absolute Gasteiger partial charge is 0.509 e. The second-order valence-corrected chi connectivity index (χ2v) is 24.8. The summed E-state index contributed by atoms with van der Waals surface area (Å²) in [6.07, 6.45) is 6.16. The molecule has 0 aromatic rings. The van der Waals surface area contributed by atoms with Crippen molar-refractivity contribution in [2.24, 2.45) is 57.2 Å². The van der Waals surface area contributed by atoms with E-state index in [0.29, 0.717) is 123 Å². The van der Waals surface area contributed by atoms with Gasteiger partial charge in [-0.3, -0.25) is 9.59 Å². The normalized spacial score (nSPS) is 39.9. The summed E-state index contributed by atoms with van der Waals surface area (Å²) in [5, 5.41) is 0. The number of hydrogen-bond donors (Lipinski definition) is 0. The molecule has 6 saturated carbocycles. The standard InChI is InChI=1S/C53H80O16/c1-7-47(25-59-26-47)31-62-42(54)39-12-37-11-35(5)15-51(19-37,20-39)68-46(58)66-41-22-52(67-44(56)64-33-49(9-3)29-61-30-49)16-36(6)17-53(23-41,24-52)69-45(57)65-40-13-38-10-34(4)14-50(18-38,21-40)43(55)63-32-48(8-2)27-60-28-48/h34-41H,7-33H2,1-6H3. The minimum Gasteiger partial charge on any atom is -0.465 e. The molecule has 3 aliphatic heterocycles. The monoisotopic (exact) mass is 973 g/mol. The number of rotatable bonds is 16. The maximum Gasteiger partial charge on any atom is 0.509 e. The minimum absolute atomic E-state index is 0.0576. The molecule has 12 atom stereocenters. The van der Waals surface area contributed by atoms with E-state index in [1.54, 1.807) is 0 Å². The van der Waals surface area contributed by atoms with Gasteiger partial charge in [0.2, 0.25) is 0 Å². The molecule has 0 N–H and O–H groups in total. The van der Waals surface area contributed by atoms with E-state index in [2.05, 4.69) is 27.7 Å². The van der Waals surface area contributed by atoms with Gasteiger partial charge in [-0.05, 0) is 113 Å². The van der Waals surface area contributed by atoms with Gasteiger partial charge in [-0.1, -0.05) is 41.5 Å². The molecule has 6 bridgehead atoms. The van der Waals surface area contributed by atoms with Crippen molar-refractivity contribution in [2.75, 3.05) is 59.5 Å². The third-order valence-corrected chi connectivity index (χ3v) is 18.4. The molecule has 3 saturated heterocycles. The van der Waals surface area contributed by atoms with Crippen molar-refractivity contribution in [2.45, 2.75) is 186 Å². The molecule has 69 heavy (non-hydrogen) atoms. The summed E-state index contributed by atoms with van der Waals surface area (Å²) < 4.78 is 65.8. The third-order valence-electron chi connectivity index (χ3n) is 18.4. The van der Waals surface area contributed by atoms with Gasteiger partial charge in [-0.25, -0.2) is 14.4 Å². The lowest BCUT2D eigenvalue weighted by Gasteiger charge is -2.54. The van der Waals surface area contributed by atoms with Crippen LogP contribution in [0.1, 0.15) is 157 Å². The van der Waals surface area contributed by atoms with Crippen LogP contribution < -0.4 is 0 Å². The lowest BCUT2D eigenvalue weighted by atomic mass is 9.58. The van der Waals surface area contributed by atoms with Gasteiger partial charge < -0.3 is 52.1 Å². The molecular weight excluding hydrogens is 893 g/mol. The summed E-state index contributed by atoms with van der Waals surface area (Å²) in [5.74, 6) is -0.00768. The van der Waals surface area contributed by atoms with E-state index in [1.165, 1.54) is 0 Å². The third kappa shape index (κ3) is 10.9. The average molecular weight is 973 g/mol. The van der Waals surface area contributed by atoms with Crippen LogP contribution in [0.15, 0.2) is 0 Å². The summed E-state index contributed by atoms with van der Waals surface area (Å²) in [6, 6.07) is 0. The van der Waals surface area contributed by atoms with E-state index in [4.69, 9.17) is 52.1 Å². The SMILES string of the molecule is CCC1(COC(=O)OC23CC(C)CC(OC(=O)OC4CC5CC(C)CC(C(=O)OCC6(CC)COC6)(C5)C4)(CC(OC(=O)OC45CC(C)CC(CC(C(=O)OCC6(CC)COC6)C4)C5)C2)C3)COC1. The zero-order valence-electron chi connectivity index (χ0n) is 42.2. The van der Waals surface area contributed by atoms with Crippen molar-refractivity contribution in [3.05, 3.63) is 0 Å². The zero-order valence-corrected chi connectivity index (χ0v) is 42.2. The first-order valence-electron chi connectivity index (χ1n) is 26.6. The van der Waals surface area contributed by atoms with Crippen LogP contribution in [0.3, 0.4) is 0 Å². The summed E-state index contributed by atoms with van der Waals surface area (Å²) in [5.41, 5.74) is -4.68. The molecule has 16 nitrogen and oxygen atoms in total. The number of ether oxygens (including phenoxy) is 11. The molecule has 9 aliphatic rings. The van der Waals surface area contributed by atoms with Crippen LogP contribution in [0, 0.1) is 57.2 Å². The lowest BCUT2D eigenvalue weighted by Crippen LogP contribution is -2.60. The van der Waals surface area contributed by atoms with Crippen LogP contribution in [0.5, 0.6) is 0 Å². The number of hydrogen-bond acceptors (Lipinski definition) is 16. The van der Waals surface area contributed by atoms with Crippen molar-refractivity contribution >= 4 is 30.4 Å². The van der Waals surface area contributed by atoms with Crippen molar-refractivity contribution < 1.29 is 76.1 Å². The van der Waals surface area contributed by atoms with Crippen LogP contribution in [-0.4, -0.2) is 119 Å². The van der Waals surface area contributed by atoms with E-state index in [0.717, 1.165) is 32.1 Å².